The second-order valence-corrected chi connectivity index (χ2v) is 3.01. The van der Waals surface area contributed by atoms with Gasteiger partial charge in [0.05, 0.1) is 0 Å². The predicted molar refractivity (Wildman–Crippen MR) is 44.2 cm³/mol. The molecule has 1 N–H and O–H groups in total. The fraction of sp³-hybridized carbons (Fsp3) is 1.00. The van der Waals surface area contributed by atoms with E-state index in [2.05, 4.69) is 10.2 Å². The first-order chi connectivity index (χ1) is 4.93. The van der Waals surface area contributed by atoms with Gasteiger partial charge < -0.3 is 10.2 Å². The minimum atomic E-state index is 1.17. The highest BCUT2D eigenvalue weighted by Crippen LogP contribution is 2.06. The van der Waals surface area contributed by atoms with E-state index in [1.165, 1.54) is 45.4 Å². The highest BCUT2D eigenvalue weighted by atomic mass is 15.2. The van der Waals surface area contributed by atoms with Crippen LogP contribution in [0.5, 0.6) is 0 Å². The number of nitrogens with zero attached hydrogens (tertiary/aromatic N) is 1. The molecule has 0 aromatic carbocycles. The summed E-state index contributed by atoms with van der Waals surface area (Å²) in [6, 6.07) is 0. The number of rotatable bonds is 5. The number of likely N-dealkylation sites (tertiary alicyclic amines) is 1. The molecule has 1 heterocycles. The summed E-state index contributed by atoms with van der Waals surface area (Å²) < 4.78 is 0. The van der Waals surface area contributed by atoms with Crippen LogP contribution in [-0.4, -0.2) is 38.1 Å². The van der Waals surface area contributed by atoms with E-state index in [0.717, 1.165) is 0 Å². The predicted octanol–water partition coefficient (Wildman–Crippen LogP) is 0.692. The molecule has 0 radical (unpaired) electrons. The fourth-order valence-corrected chi connectivity index (χ4v) is 1.24. The molecule has 10 heavy (non-hydrogen) atoms. The van der Waals surface area contributed by atoms with Crippen LogP contribution in [0.1, 0.15) is 19.3 Å². The van der Waals surface area contributed by atoms with E-state index in [4.69, 9.17) is 0 Å². The van der Waals surface area contributed by atoms with Gasteiger partial charge in [0.15, 0.2) is 0 Å². The summed E-state index contributed by atoms with van der Waals surface area (Å²) in [6.07, 6.45) is 4.11. The normalized spacial score (nSPS) is 18.9. The average molecular weight is 142 g/mol. The summed E-state index contributed by atoms with van der Waals surface area (Å²) in [5.74, 6) is 0. The molecule has 0 saturated carbocycles. The lowest BCUT2D eigenvalue weighted by atomic mass is 10.2. The molecule has 1 rings (SSSR count). The van der Waals surface area contributed by atoms with Crippen molar-refractivity contribution in [2.45, 2.75) is 19.3 Å². The van der Waals surface area contributed by atoms with Crippen molar-refractivity contribution >= 4 is 0 Å². The zero-order valence-electron chi connectivity index (χ0n) is 6.90. The molecule has 1 fully saturated rings. The van der Waals surface area contributed by atoms with Gasteiger partial charge in [-0.3, -0.25) is 0 Å². The second kappa shape index (κ2) is 4.69. The quantitative estimate of drug-likeness (QED) is 0.568. The number of hydrogen-bond donors (Lipinski definition) is 1. The van der Waals surface area contributed by atoms with Gasteiger partial charge in [0, 0.05) is 0 Å². The molecule has 0 unspecified atom stereocenters. The molecule has 0 aliphatic carbocycles. The molecular formula is C8H18N2. The van der Waals surface area contributed by atoms with Crippen LogP contribution in [-0.2, 0) is 0 Å². The number of unbranched alkanes of at least 4 members (excludes halogenated alkanes) is 1. The number of nitrogens with one attached hydrogen (secondary N) is 1. The smallest absolute Gasteiger partial charge is 0.000654 e. The molecule has 0 atom stereocenters. The van der Waals surface area contributed by atoms with Crippen LogP contribution < -0.4 is 5.32 Å². The molecule has 0 amide bonds. The van der Waals surface area contributed by atoms with Crippen LogP contribution >= 0.6 is 0 Å². The highest BCUT2D eigenvalue weighted by Gasteiger charge is 2.11. The maximum Gasteiger partial charge on any atom is -0.000654 e. The van der Waals surface area contributed by atoms with E-state index in [1.807, 2.05) is 7.05 Å². The molecule has 2 heteroatoms. The van der Waals surface area contributed by atoms with Gasteiger partial charge in [-0.15, -0.1) is 0 Å². The van der Waals surface area contributed by atoms with Crippen molar-refractivity contribution in [3.05, 3.63) is 0 Å². The Bertz CT molecular complexity index is 79.3. The minimum absolute atomic E-state index is 1.17. The van der Waals surface area contributed by atoms with E-state index < -0.39 is 0 Å². The maximum absolute atomic E-state index is 3.16. The van der Waals surface area contributed by atoms with Crippen molar-refractivity contribution < 1.29 is 0 Å². The van der Waals surface area contributed by atoms with Crippen molar-refractivity contribution in [2.75, 3.05) is 33.2 Å². The van der Waals surface area contributed by atoms with Crippen molar-refractivity contribution in [1.82, 2.24) is 10.2 Å². The van der Waals surface area contributed by atoms with Crippen LogP contribution in [0, 0.1) is 0 Å². The Morgan fingerprint density at radius 1 is 1.30 bits per heavy atom. The molecule has 2 nitrogen and oxygen atoms in total. The average Bonchev–Trinajstić information content (AvgIpc) is 1.84. The van der Waals surface area contributed by atoms with Gasteiger partial charge in [-0.1, -0.05) is 0 Å². The Balaban J connectivity index is 1.76. The summed E-state index contributed by atoms with van der Waals surface area (Å²) in [5.41, 5.74) is 0. The van der Waals surface area contributed by atoms with Gasteiger partial charge in [0.2, 0.25) is 0 Å². The van der Waals surface area contributed by atoms with Gasteiger partial charge in [-0.2, -0.15) is 0 Å². The van der Waals surface area contributed by atoms with Gasteiger partial charge in [0.25, 0.3) is 0 Å². The zero-order chi connectivity index (χ0) is 7.23. The molecule has 0 bridgehead atoms. The molecule has 0 spiro atoms. The highest BCUT2D eigenvalue weighted by molar-refractivity contribution is 4.67. The number of hydrogen-bond acceptors (Lipinski definition) is 2. The minimum Gasteiger partial charge on any atom is -0.320 e. The first kappa shape index (κ1) is 8.02. The Kier molecular flexibility index (Phi) is 3.76. The molecule has 0 aromatic rings. The van der Waals surface area contributed by atoms with E-state index in [1.54, 1.807) is 0 Å². The van der Waals surface area contributed by atoms with Gasteiger partial charge >= 0.3 is 0 Å². The third-order valence-electron chi connectivity index (χ3n) is 2.10. The maximum atomic E-state index is 3.16. The van der Waals surface area contributed by atoms with Gasteiger partial charge in [-0.05, 0) is 52.5 Å². The van der Waals surface area contributed by atoms with E-state index >= 15 is 0 Å². The molecule has 1 aliphatic heterocycles. The van der Waals surface area contributed by atoms with Crippen molar-refractivity contribution in [3.8, 4) is 0 Å². The standard InChI is InChI=1S/C8H18N2/c1-9-5-2-3-6-10-7-4-8-10/h9H,2-8H2,1H3. The first-order valence-corrected chi connectivity index (χ1v) is 4.30. The summed E-state index contributed by atoms with van der Waals surface area (Å²) >= 11 is 0. The SMILES string of the molecule is CNCCCCN1CCC1. The lowest BCUT2D eigenvalue weighted by Gasteiger charge is -2.30. The Morgan fingerprint density at radius 3 is 2.60 bits per heavy atom. The van der Waals surface area contributed by atoms with Crippen molar-refractivity contribution in [3.63, 3.8) is 0 Å². The van der Waals surface area contributed by atoms with E-state index in [9.17, 15) is 0 Å². The van der Waals surface area contributed by atoms with Crippen LogP contribution in [0.3, 0.4) is 0 Å². The third-order valence-corrected chi connectivity index (χ3v) is 2.10. The molecular weight excluding hydrogens is 124 g/mol. The lowest BCUT2D eigenvalue weighted by Crippen LogP contribution is -2.37. The summed E-state index contributed by atoms with van der Waals surface area (Å²) in [7, 11) is 2.02. The van der Waals surface area contributed by atoms with Gasteiger partial charge in [-0.25, -0.2) is 0 Å². The second-order valence-electron chi connectivity index (χ2n) is 3.01. The van der Waals surface area contributed by atoms with Crippen LogP contribution in [0.4, 0.5) is 0 Å². The van der Waals surface area contributed by atoms with Crippen molar-refractivity contribution in [2.24, 2.45) is 0 Å². The van der Waals surface area contributed by atoms with Crippen LogP contribution in [0.15, 0.2) is 0 Å². The molecule has 60 valence electrons. The monoisotopic (exact) mass is 142 g/mol. The molecule has 0 aromatic heterocycles. The Hall–Kier alpha value is -0.0800. The summed E-state index contributed by atoms with van der Waals surface area (Å²) in [5, 5.41) is 3.16. The van der Waals surface area contributed by atoms with Crippen LogP contribution in [0.25, 0.3) is 0 Å². The first-order valence-electron chi connectivity index (χ1n) is 4.30. The Morgan fingerprint density at radius 2 is 2.10 bits per heavy atom. The lowest BCUT2D eigenvalue weighted by molar-refractivity contribution is 0.178. The Labute approximate surface area is 63.6 Å². The topological polar surface area (TPSA) is 15.3 Å². The summed E-state index contributed by atoms with van der Waals surface area (Å²) in [4.78, 5) is 2.52. The molecule has 1 saturated heterocycles. The zero-order valence-corrected chi connectivity index (χ0v) is 6.90. The van der Waals surface area contributed by atoms with E-state index in [0.29, 0.717) is 0 Å². The largest absolute Gasteiger partial charge is 0.320 e. The third kappa shape index (κ3) is 2.67. The molecule has 1 aliphatic rings. The van der Waals surface area contributed by atoms with Gasteiger partial charge in [0.1, 0.15) is 0 Å². The van der Waals surface area contributed by atoms with Crippen molar-refractivity contribution in [1.29, 1.82) is 0 Å². The van der Waals surface area contributed by atoms with E-state index in [-0.39, 0.29) is 0 Å². The fourth-order valence-electron chi connectivity index (χ4n) is 1.24. The summed E-state index contributed by atoms with van der Waals surface area (Å²) in [6.45, 7) is 5.19. The van der Waals surface area contributed by atoms with Crippen LogP contribution in [0.2, 0.25) is 0 Å².